The van der Waals surface area contributed by atoms with E-state index in [4.69, 9.17) is 11.6 Å². The minimum atomic E-state index is -4.40. The van der Waals surface area contributed by atoms with Crippen LogP contribution in [0.1, 0.15) is 16.7 Å². The first kappa shape index (κ1) is 21.5. The van der Waals surface area contributed by atoms with Crippen LogP contribution in [0.4, 0.5) is 13.2 Å². The third-order valence-corrected chi connectivity index (χ3v) is 6.00. The van der Waals surface area contributed by atoms with Crippen molar-refractivity contribution in [3.05, 3.63) is 105 Å². The van der Waals surface area contributed by atoms with Crippen molar-refractivity contribution >= 4 is 34.3 Å². The van der Waals surface area contributed by atoms with Gasteiger partial charge in [-0.25, -0.2) is 4.98 Å². The van der Waals surface area contributed by atoms with Gasteiger partial charge in [0.2, 0.25) is 0 Å². The number of para-hydroxylation sites is 1. The Kier molecular flexibility index (Phi) is 6.07. The first-order valence-corrected chi connectivity index (χ1v) is 10.7. The SMILES string of the molecule is O=c1c2ccccc2nc(SCc2cccc(C(F)(F)F)c2)n1Cc1ccc(Cl)cc1. The van der Waals surface area contributed by atoms with Crippen molar-refractivity contribution in [2.75, 3.05) is 0 Å². The fraction of sp³-hybridized carbons (Fsp3) is 0.130. The zero-order chi connectivity index (χ0) is 22.0. The molecule has 158 valence electrons. The van der Waals surface area contributed by atoms with Gasteiger partial charge in [0, 0.05) is 10.8 Å². The lowest BCUT2D eigenvalue weighted by atomic mass is 10.1. The zero-order valence-corrected chi connectivity index (χ0v) is 17.6. The number of benzene rings is 3. The Balaban J connectivity index is 1.70. The maximum Gasteiger partial charge on any atom is 0.416 e. The fourth-order valence-corrected chi connectivity index (χ4v) is 4.22. The monoisotopic (exact) mass is 460 g/mol. The largest absolute Gasteiger partial charge is 0.416 e. The van der Waals surface area contributed by atoms with Gasteiger partial charge in [-0.15, -0.1) is 0 Å². The molecular formula is C23H16ClF3N2OS. The van der Waals surface area contributed by atoms with Crippen LogP contribution in [0.25, 0.3) is 10.9 Å². The van der Waals surface area contributed by atoms with Crippen LogP contribution in [0.5, 0.6) is 0 Å². The van der Waals surface area contributed by atoms with Crippen molar-refractivity contribution in [2.45, 2.75) is 23.6 Å². The molecule has 0 N–H and O–H groups in total. The second-order valence-electron chi connectivity index (χ2n) is 6.92. The van der Waals surface area contributed by atoms with Crippen molar-refractivity contribution < 1.29 is 13.2 Å². The number of hydrogen-bond acceptors (Lipinski definition) is 3. The highest BCUT2D eigenvalue weighted by molar-refractivity contribution is 7.98. The average molecular weight is 461 g/mol. The Morgan fingerprint density at radius 1 is 0.935 bits per heavy atom. The lowest BCUT2D eigenvalue weighted by molar-refractivity contribution is -0.137. The van der Waals surface area contributed by atoms with Gasteiger partial charge in [-0.05, 0) is 41.5 Å². The summed E-state index contributed by atoms with van der Waals surface area (Å²) < 4.78 is 40.6. The van der Waals surface area contributed by atoms with E-state index in [9.17, 15) is 18.0 Å². The zero-order valence-electron chi connectivity index (χ0n) is 16.1. The molecular weight excluding hydrogens is 445 g/mol. The van der Waals surface area contributed by atoms with Crippen molar-refractivity contribution in [1.29, 1.82) is 0 Å². The van der Waals surface area contributed by atoms with E-state index in [1.54, 1.807) is 47.0 Å². The van der Waals surface area contributed by atoms with Crippen LogP contribution in [0.15, 0.2) is 82.7 Å². The van der Waals surface area contributed by atoms with Gasteiger partial charge >= 0.3 is 6.18 Å². The molecule has 31 heavy (non-hydrogen) atoms. The molecule has 0 radical (unpaired) electrons. The molecule has 4 aromatic rings. The first-order valence-electron chi connectivity index (χ1n) is 9.34. The Labute approximate surface area is 185 Å². The molecule has 0 fully saturated rings. The Bertz CT molecular complexity index is 1290. The molecule has 8 heteroatoms. The highest BCUT2D eigenvalue weighted by Crippen LogP contribution is 2.31. The third kappa shape index (κ3) is 4.94. The van der Waals surface area contributed by atoms with E-state index in [0.717, 1.165) is 17.7 Å². The average Bonchev–Trinajstić information content (AvgIpc) is 2.75. The second-order valence-corrected chi connectivity index (χ2v) is 8.30. The minimum absolute atomic E-state index is 0.202. The van der Waals surface area contributed by atoms with Gasteiger partial charge in [-0.2, -0.15) is 13.2 Å². The number of rotatable bonds is 5. The Morgan fingerprint density at radius 2 is 1.68 bits per heavy atom. The molecule has 1 aromatic heterocycles. The third-order valence-electron chi connectivity index (χ3n) is 4.70. The van der Waals surface area contributed by atoms with Gasteiger partial charge < -0.3 is 0 Å². The standard InChI is InChI=1S/C23H16ClF3N2OS/c24-18-10-8-15(9-11-18)13-29-21(30)19-6-1-2-7-20(19)28-22(29)31-14-16-4-3-5-17(12-16)23(25,26)27/h1-12H,13-14H2. The summed E-state index contributed by atoms with van der Waals surface area (Å²) in [5.74, 6) is 0.245. The second kappa shape index (κ2) is 8.77. The predicted octanol–water partition coefficient (Wildman–Crippen LogP) is 6.41. The van der Waals surface area contributed by atoms with Gasteiger partial charge in [0.1, 0.15) is 0 Å². The van der Waals surface area contributed by atoms with Crippen LogP contribution in [0.2, 0.25) is 5.02 Å². The fourth-order valence-electron chi connectivity index (χ4n) is 3.15. The summed E-state index contributed by atoms with van der Waals surface area (Å²) in [4.78, 5) is 17.8. The molecule has 4 rings (SSSR count). The van der Waals surface area contributed by atoms with Gasteiger partial charge in [-0.3, -0.25) is 9.36 Å². The molecule has 0 aliphatic rings. The molecule has 3 aromatic carbocycles. The Morgan fingerprint density at radius 3 is 2.42 bits per heavy atom. The molecule has 0 spiro atoms. The quantitative estimate of drug-likeness (QED) is 0.255. The first-order chi connectivity index (χ1) is 14.8. The number of thioether (sulfide) groups is 1. The topological polar surface area (TPSA) is 34.9 Å². The molecule has 0 aliphatic carbocycles. The van der Waals surface area contributed by atoms with Gasteiger partial charge in [0.25, 0.3) is 5.56 Å². The van der Waals surface area contributed by atoms with Gasteiger partial charge in [-0.1, -0.05) is 65.8 Å². The lowest BCUT2D eigenvalue weighted by Crippen LogP contribution is -2.24. The van der Waals surface area contributed by atoms with Crippen molar-refractivity contribution in [2.24, 2.45) is 0 Å². The summed E-state index contributed by atoms with van der Waals surface area (Å²) in [6.45, 7) is 0.277. The molecule has 0 saturated carbocycles. The summed E-state index contributed by atoms with van der Waals surface area (Å²) in [6, 6.07) is 19.3. The molecule has 0 aliphatic heterocycles. The molecule has 1 heterocycles. The van der Waals surface area contributed by atoms with E-state index < -0.39 is 11.7 Å². The van der Waals surface area contributed by atoms with E-state index >= 15 is 0 Å². The smallest absolute Gasteiger partial charge is 0.283 e. The lowest BCUT2D eigenvalue weighted by Gasteiger charge is -2.14. The summed E-state index contributed by atoms with van der Waals surface area (Å²) in [5, 5.41) is 1.52. The van der Waals surface area contributed by atoms with Crippen molar-refractivity contribution in [1.82, 2.24) is 9.55 Å². The molecule has 0 saturated heterocycles. The molecule has 3 nitrogen and oxygen atoms in total. The van der Waals surface area contributed by atoms with E-state index in [-0.39, 0.29) is 17.9 Å². The molecule has 0 unspecified atom stereocenters. The molecule has 0 amide bonds. The van der Waals surface area contributed by atoms with Gasteiger partial charge in [0.05, 0.1) is 23.0 Å². The number of aromatic nitrogens is 2. The van der Waals surface area contributed by atoms with Crippen molar-refractivity contribution in [3.63, 3.8) is 0 Å². The molecule has 0 atom stereocenters. The van der Waals surface area contributed by atoms with Crippen LogP contribution >= 0.6 is 23.4 Å². The number of nitrogens with zero attached hydrogens (tertiary/aromatic N) is 2. The number of hydrogen-bond donors (Lipinski definition) is 0. The minimum Gasteiger partial charge on any atom is -0.283 e. The summed E-state index contributed by atoms with van der Waals surface area (Å²) in [7, 11) is 0. The van der Waals surface area contributed by atoms with Crippen LogP contribution in [-0.4, -0.2) is 9.55 Å². The number of fused-ring (bicyclic) bond motifs is 1. The van der Waals surface area contributed by atoms with Crippen LogP contribution in [0, 0.1) is 0 Å². The van der Waals surface area contributed by atoms with E-state index in [2.05, 4.69) is 4.98 Å². The van der Waals surface area contributed by atoms with Crippen LogP contribution in [0.3, 0.4) is 0 Å². The molecule has 0 bridgehead atoms. The van der Waals surface area contributed by atoms with E-state index in [0.29, 0.717) is 26.6 Å². The highest BCUT2D eigenvalue weighted by atomic mass is 35.5. The number of alkyl halides is 3. The summed E-state index contributed by atoms with van der Waals surface area (Å²) in [6.07, 6.45) is -4.40. The highest BCUT2D eigenvalue weighted by Gasteiger charge is 2.30. The maximum atomic E-state index is 13.2. The normalized spacial score (nSPS) is 11.7. The van der Waals surface area contributed by atoms with E-state index in [1.807, 2.05) is 12.1 Å². The van der Waals surface area contributed by atoms with Crippen LogP contribution in [-0.2, 0) is 18.5 Å². The van der Waals surface area contributed by atoms with Crippen LogP contribution < -0.4 is 5.56 Å². The Hall–Kier alpha value is -2.77. The summed E-state index contributed by atoms with van der Waals surface area (Å²) >= 11 is 7.18. The maximum absolute atomic E-state index is 13.2. The van der Waals surface area contributed by atoms with Crippen molar-refractivity contribution in [3.8, 4) is 0 Å². The number of halogens is 4. The van der Waals surface area contributed by atoms with E-state index in [1.165, 1.54) is 17.8 Å². The summed E-state index contributed by atoms with van der Waals surface area (Å²) in [5.41, 5.74) is 1.01. The predicted molar refractivity (Wildman–Crippen MR) is 118 cm³/mol. The van der Waals surface area contributed by atoms with Gasteiger partial charge in [0.15, 0.2) is 5.16 Å².